The van der Waals surface area contributed by atoms with Crippen LogP contribution in [0.5, 0.6) is 0 Å². The molecule has 2 unspecified atom stereocenters. The average Bonchev–Trinajstić information content (AvgIpc) is 2.00. The molecule has 0 spiro atoms. The summed E-state index contributed by atoms with van der Waals surface area (Å²) >= 11 is 0. The Morgan fingerprint density at radius 2 is 1.36 bits per heavy atom. The third-order valence-electron chi connectivity index (χ3n) is 2.73. The lowest BCUT2D eigenvalue weighted by Crippen LogP contribution is -2.07. The molecule has 68 valence electrons. The summed E-state index contributed by atoms with van der Waals surface area (Å²) in [4.78, 5) is 0. The first-order chi connectivity index (χ1) is 5.22. The Labute approximate surface area is 72.4 Å². The van der Waals surface area contributed by atoms with Crippen molar-refractivity contribution >= 4 is 0 Å². The molecule has 0 aromatic rings. The van der Waals surface area contributed by atoms with Crippen molar-refractivity contribution in [3.63, 3.8) is 0 Å². The van der Waals surface area contributed by atoms with E-state index in [9.17, 15) is 0 Å². The third-order valence-corrected chi connectivity index (χ3v) is 2.73. The van der Waals surface area contributed by atoms with Crippen molar-refractivity contribution < 1.29 is 0 Å². The molecule has 0 heteroatoms. The molecule has 0 saturated carbocycles. The van der Waals surface area contributed by atoms with E-state index in [1.165, 1.54) is 32.1 Å². The molecule has 0 aromatic carbocycles. The minimum absolute atomic E-state index is 0.937. The number of hydrogen-bond donors (Lipinski definition) is 0. The topological polar surface area (TPSA) is 0 Å². The maximum Gasteiger partial charge on any atom is -0.0417 e. The van der Waals surface area contributed by atoms with E-state index in [1.807, 2.05) is 0 Å². The van der Waals surface area contributed by atoms with E-state index < -0.39 is 0 Å². The van der Waals surface area contributed by atoms with Gasteiger partial charge in [0.15, 0.2) is 0 Å². The van der Waals surface area contributed by atoms with Gasteiger partial charge in [-0.3, -0.25) is 0 Å². The molecule has 11 heavy (non-hydrogen) atoms. The molecule has 0 aliphatic rings. The van der Waals surface area contributed by atoms with Gasteiger partial charge in [-0.15, -0.1) is 0 Å². The second-order valence-corrected chi connectivity index (χ2v) is 3.89. The summed E-state index contributed by atoms with van der Waals surface area (Å²) in [5, 5.41) is 0. The summed E-state index contributed by atoms with van der Waals surface area (Å²) in [6, 6.07) is 0. The molecule has 0 bridgehead atoms. The number of unbranched alkanes of at least 4 members (excludes halogenated alkanes) is 1. The fourth-order valence-corrected chi connectivity index (χ4v) is 1.55. The van der Waals surface area contributed by atoms with Gasteiger partial charge in [-0.1, -0.05) is 59.8 Å². The SMILES string of the molecule is CCCCC(C)C(C)CCC. The quantitative estimate of drug-likeness (QED) is 0.539. The van der Waals surface area contributed by atoms with Gasteiger partial charge >= 0.3 is 0 Å². The molecule has 0 aromatic heterocycles. The van der Waals surface area contributed by atoms with Gasteiger partial charge in [0.25, 0.3) is 0 Å². The van der Waals surface area contributed by atoms with Crippen LogP contribution in [0.4, 0.5) is 0 Å². The monoisotopic (exact) mass is 156 g/mol. The predicted octanol–water partition coefficient (Wildman–Crippen LogP) is 4.25. The van der Waals surface area contributed by atoms with Crippen molar-refractivity contribution in [2.75, 3.05) is 0 Å². The van der Waals surface area contributed by atoms with Crippen molar-refractivity contribution in [3.05, 3.63) is 0 Å². The summed E-state index contributed by atoms with van der Waals surface area (Å²) < 4.78 is 0. The largest absolute Gasteiger partial charge is 0.0654 e. The third kappa shape index (κ3) is 5.29. The van der Waals surface area contributed by atoms with Gasteiger partial charge in [0.05, 0.1) is 0 Å². The lowest BCUT2D eigenvalue weighted by atomic mass is 9.88. The van der Waals surface area contributed by atoms with E-state index in [0.29, 0.717) is 0 Å². The van der Waals surface area contributed by atoms with Gasteiger partial charge in [-0.25, -0.2) is 0 Å². The lowest BCUT2D eigenvalue weighted by molar-refractivity contribution is 0.333. The van der Waals surface area contributed by atoms with Crippen molar-refractivity contribution in [1.29, 1.82) is 0 Å². The Morgan fingerprint density at radius 1 is 0.818 bits per heavy atom. The summed E-state index contributed by atoms with van der Waals surface area (Å²) in [5.74, 6) is 1.88. The predicted molar refractivity (Wildman–Crippen MR) is 52.8 cm³/mol. The molecule has 0 amide bonds. The zero-order chi connectivity index (χ0) is 8.69. The van der Waals surface area contributed by atoms with Crippen LogP contribution in [-0.2, 0) is 0 Å². The maximum absolute atomic E-state index is 2.40. The fraction of sp³-hybridized carbons (Fsp3) is 1.00. The maximum atomic E-state index is 2.40. The van der Waals surface area contributed by atoms with Gasteiger partial charge in [0.1, 0.15) is 0 Å². The van der Waals surface area contributed by atoms with E-state index in [0.717, 1.165) is 11.8 Å². The molecule has 0 aliphatic heterocycles. The van der Waals surface area contributed by atoms with Gasteiger partial charge in [-0.05, 0) is 11.8 Å². The molecule has 0 heterocycles. The first-order valence-electron chi connectivity index (χ1n) is 5.22. The van der Waals surface area contributed by atoms with Crippen LogP contribution < -0.4 is 0 Å². The van der Waals surface area contributed by atoms with E-state index in [4.69, 9.17) is 0 Å². The number of rotatable bonds is 6. The van der Waals surface area contributed by atoms with Crippen LogP contribution in [0, 0.1) is 11.8 Å². The Bertz CT molecular complexity index is 76.1. The summed E-state index contributed by atoms with van der Waals surface area (Å²) in [6.07, 6.45) is 6.94. The van der Waals surface area contributed by atoms with Gasteiger partial charge in [0, 0.05) is 0 Å². The van der Waals surface area contributed by atoms with Crippen LogP contribution in [0.2, 0.25) is 0 Å². The van der Waals surface area contributed by atoms with E-state index in [2.05, 4.69) is 27.7 Å². The molecule has 2 atom stereocenters. The van der Waals surface area contributed by atoms with Crippen LogP contribution in [0.1, 0.15) is 59.8 Å². The Morgan fingerprint density at radius 3 is 1.82 bits per heavy atom. The molecular weight excluding hydrogens is 132 g/mol. The smallest absolute Gasteiger partial charge is 0.0417 e. The molecular formula is C11H24. The Hall–Kier alpha value is 0. The first-order valence-corrected chi connectivity index (χ1v) is 5.22. The standard InChI is InChI=1S/C11H24/c1-5-7-9-11(4)10(3)8-6-2/h10-11H,5-9H2,1-4H3. The molecule has 0 N–H and O–H groups in total. The lowest BCUT2D eigenvalue weighted by Gasteiger charge is -2.18. The minimum atomic E-state index is 0.937. The highest BCUT2D eigenvalue weighted by molar-refractivity contribution is 4.61. The molecule has 0 saturated heterocycles. The van der Waals surface area contributed by atoms with Crippen molar-refractivity contribution in [3.8, 4) is 0 Å². The zero-order valence-corrected chi connectivity index (χ0v) is 8.69. The van der Waals surface area contributed by atoms with Crippen molar-refractivity contribution in [2.45, 2.75) is 59.8 Å². The van der Waals surface area contributed by atoms with Crippen LogP contribution in [0.15, 0.2) is 0 Å². The van der Waals surface area contributed by atoms with Crippen molar-refractivity contribution in [1.82, 2.24) is 0 Å². The van der Waals surface area contributed by atoms with Crippen LogP contribution in [0.25, 0.3) is 0 Å². The van der Waals surface area contributed by atoms with E-state index >= 15 is 0 Å². The van der Waals surface area contributed by atoms with Crippen LogP contribution >= 0.6 is 0 Å². The highest BCUT2D eigenvalue weighted by atomic mass is 14.1. The summed E-state index contributed by atoms with van der Waals surface area (Å²) in [6.45, 7) is 9.35. The van der Waals surface area contributed by atoms with Gasteiger partial charge in [0.2, 0.25) is 0 Å². The van der Waals surface area contributed by atoms with Gasteiger partial charge < -0.3 is 0 Å². The molecule has 0 nitrogen and oxygen atoms in total. The second kappa shape index (κ2) is 6.69. The summed E-state index contributed by atoms with van der Waals surface area (Å²) in [5.41, 5.74) is 0. The Balaban J connectivity index is 3.38. The highest BCUT2D eigenvalue weighted by Crippen LogP contribution is 2.21. The van der Waals surface area contributed by atoms with Crippen LogP contribution in [-0.4, -0.2) is 0 Å². The highest BCUT2D eigenvalue weighted by Gasteiger charge is 2.09. The molecule has 0 rings (SSSR count). The normalized spacial score (nSPS) is 16.4. The fourth-order valence-electron chi connectivity index (χ4n) is 1.55. The average molecular weight is 156 g/mol. The molecule has 0 fully saturated rings. The minimum Gasteiger partial charge on any atom is -0.0654 e. The summed E-state index contributed by atoms with van der Waals surface area (Å²) in [7, 11) is 0. The van der Waals surface area contributed by atoms with Crippen LogP contribution in [0.3, 0.4) is 0 Å². The molecule has 0 aliphatic carbocycles. The molecule has 0 radical (unpaired) electrons. The Kier molecular flexibility index (Phi) is 6.69. The number of hydrogen-bond acceptors (Lipinski definition) is 0. The van der Waals surface area contributed by atoms with E-state index in [1.54, 1.807) is 0 Å². The second-order valence-electron chi connectivity index (χ2n) is 3.89. The zero-order valence-electron chi connectivity index (χ0n) is 8.69. The van der Waals surface area contributed by atoms with E-state index in [-0.39, 0.29) is 0 Å². The first kappa shape index (κ1) is 11.0. The van der Waals surface area contributed by atoms with Crippen molar-refractivity contribution in [2.24, 2.45) is 11.8 Å². The van der Waals surface area contributed by atoms with Gasteiger partial charge in [-0.2, -0.15) is 0 Å².